The number of fused-ring (bicyclic) bond motifs is 4. The maximum absolute atomic E-state index is 4.67. The average Bonchev–Trinajstić information content (AvgIpc) is 3.35. The number of benzene rings is 2. The van der Waals surface area contributed by atoms with Crippen LogP contribution in [0.4, 0.5) is 5.69 Å². The van der Waals surface area contributed by atoms with Crippen molar-refractivity contribution < 1.29 is 4.57 Å². The fraction of sp³-hybridized carbons (Fsp3) is 0.211. The summed E-state index contributed by atoms with van der Waals surface area (Å²) in [4.78, 5) is 3.66. The summed E-state index contributed by atoms with van der Waals surface area (Å²) in [5.74, 6) is 0. The third-order valence-electron chi connectivity index (χ3n) is 4.64. The molecule has 2 aromatic heterocycles. The molecule has 0 radical (unpaired) electrons. The summed E-state index contributed by atoms with van der Waals surface area (Å²) in [6.45, 7) is 6.34. The number of aromatic nitrogens is 3. The molecule has 4 nitrogen and oxygen atoms in total. The van der Waals surface area contributed by atoms with Crippen LogP contribution in [0.1, 0.15) is 18.9 Å². The van der Waals surface area contributed by atoms with E-state index in [1.165, 1.54) is 30.8 Å². The first kappa shape index (κ1) is 16.5. The number of hydrogen-bond acceptors (Lipinski definition) is 5. The molecule has 0 unspecified atom stereocenters. The molecule has 7 heteroatoms. The van der Waals surface area contributed by atoms with E-state index in [2.05, 4.69) is 73.7 Å². The van der Waals surface area contributed by atoms with Gasteiger partial charge in [0.25, 0.3) is 0 Å². The van der Waals surface area contributed by atoms with E-state index in [0.29, 0.717) is 0 Å². The van der Waals surface area contributed by atoms with Gasteiger partial charge in [-0.3, -0.25) is 0 Å². The molecule has 1 aliphatic heterocycles. The van der Waals surface area contributed by atoms with E-state index in [4.69, 9.17) is 0 Å². The number of thiazole rings is 1. The van der Waals surface area contributed by atoms with Crippen molar-refractivity contribution in [2.24, 2.45) is 0 Å². The van der Waals surface area contributed by atoms with Crippen molar-refractivity contribution in [1.82, 2.24) is 7.96 Å². The molecule has 0 fully saturated rings. The van der Waals surface area contributed by atoms with Gasteiger partial charge in [-0.25, -0.2) is 0 Å². The Morgan fingerprint density at radius 2 is 2.04 bits per heavy atom. The van der Waals surface area contributed by atoms with Crippen molar-refractivity contribution in [2.45, 2.75) is 25.3 Å². The molecule has 0 saturated heterocycles. The second-order valence-electron chi connectivity index (χ2n) is 6.03. The Kier molecular flexibility index (Phi) is 4.13. The Bertz CT molecular complexity index is 1160. The van der Waals surface area contributed by atoms with Crippen molar-refractivity contribution in [3.05, 3.63) is 46.4 Å². The van der Waals surface area contributed by atoms with E-state index in [-0.39, 0.29) is 15.0 Å². The zero-order valence-corrected chi connectivity index (χ0v) is 17.8. The Hall–Kier alpha value is -1.66. The van der Waals surface area contributed by atoms with Crippen LogP contribution in [0.5, 0.6) is 0 Å². The molecule has 2 aromatic carbocycles. The molecular weight excluding hydrogens is 427 g/mol. The zero-order valence-electron chi connectivity index (χ0n) is 14.5. The van der Waals surface area contributed by atoms with E-state index in [1.54, 1.807) is 0 Å². The Morgan fingerprint density at radius 1 is 1.15 bits per heavy atom. The first-order valence-corrected chi connectivity index (χ1v) is 11.8. The number of para-hydroxylation sites is 1. The number of aryl methyl sites for hydroxylation is 1. The molecular formula is C19H17N4S2Se+. The SMILES string of the molecule is CCN1C(=Cc2sc3ccccc3[n+]2CC)Sc2c1ccc1n[se]nc21. The molecule has 3 heterocycles. The van der Waals surface area contributed by atoms with Crippen LogP contribution >= 0.6 is 23.1 Å². The second-order valence-corrected chi connectivity index (χ2v) is 9.23. The third kappa shape index (κ3) is 2.46. The average molecular weight is 444 g/mol. The normalized spacial score (nSPS) is 15.5. The molecule has 0 N–H and O–H groups in total. The van der Waals surface area contributed by atoms with E-state index in [1.807, 2.05) is 23.1 Å². The number of anilines is 1. The van der Waals surface area contributed by atoms with Crippen molar-refractivity contribution in [1.29, 1.82) is 0 Å². The van der Waals surface area contributed by atoms with Gasteiger partial charge in [-0.2, -0.15) is 0 Å². The minimum atomic E-state index is 0.0121. The summed E-state index contributed by atoms with van der Waals surface area (Å²) in [6, 6.07) is 13.0. The third-order valence-corrected chi connectivity index (χ3v) is 8.05. The van der Waals surface area contributed by atoms with Crippen molar-refractivity contribution in [3.8, 4) is 0 Å². The van der Waals surface area contributed by atoms with Crippen molar-refractivity contribution >= 4 is 71.1 Å². The Morgan fingerprint density at radius 3 is 2.88 bits per heavy atom. The summed E-state index contributed by atoms with van der Waals surface area (Å²) >= 11 is 3.71. The van der Waals surface area contributed by atoms with Crippen LogP contribution in [0, 0.1) is 0 Å². The number of nitrogens with zero attached hydrogens (tertiary/aromatic N) is 4. The van der Waals surface area contributed by atoms with Gasteiger partial charge in [-0.1, -0.05) is 0 Å². The van der Waals surface area contributed by atoms with Gasteiger partial charge in [0.05, 0.1) is 0 Å². The minimum absolute atomic E-state index is 0.0121. The molecule has 1 aliphatic rings. The summed E-state index contributed by atoms with van der Waals surface area (Å²) < 4.78 is 12.9. The summed E-state index contributed by atoms with van der Waals surface area (Å²) in [7, 11) is 0. The summed E-state index contributed by atoms with van der Waals surface area (Å²) in [5.41, 5.74) is 4.73. The fourth-order valence-electron chi connectivity index (χ4n) is 3.43. The van der Waals surface area contributed by atoms with Crippen LogP contribution in [0.3, 0.4) is 0 Å². The summed E-state index contributed by atoms with van der Waals surface area (Å²) in [5, 5.41) is 2.57. The van der Waals surface area contributed by atoms with Gasteiger partial charge >= 0.3 is 167 Å². The maximum atomic E-state index is 4.67. The van der Waals surface area contributed by atoms with Gasteiger partial charge in [0.15, 0.2) is 0 Å². The van der Waals surface area contributed by atoms with Crippen LogP contribution in [-0.2, 0) is 6.54 Å². The van der Waals surface area contributed by atoms with Gasteiger partial charge in [0.1, 0.15) is 0 Å². The van der Waals surface area contributed by atoms with Gasteiger partial charge in [-0.15, -0.1) is 0 Å². The van der Waals surface area contributed by atoms with Gasteiger partial charge in [0, 0.05) is 0 Å². The second kappa shape index (κ2) is 6.50. The van der Waals surface area contributed by atoms with Gasteiger partial charge in [0.2, 0.25) is 0 Å². The van der Waals surface area contributed by atoms with E-state index >= 15 is 0 Å². The van der Waals surface area contributed by atoms with Crippen molar-refractivity contribution in [3.63, 3.8) is 0 Å². The molecule has 0 spiro atoms. The van der Waals surface area contributed by atoms with Crippen LogP contribution in [0.15, 0.2) is 46.3 Å². The molecule has 5 rings (SSSR count). The topological polar surface area (TPSA) is 32.9 Å². The molecule has 0 saturated carbocycles. The molecule has 26 heavy (non-hydrogen) atoms. The molecule has 0 atom stereocenters. The number of thioether (sulfide) groups is 1. The molecule has 0 amide bonds. The predicted molar refractivity (Wildman–Crippen MR) is 111 cm³/mol. The quantitative estimate of drug-likeness (QED) is 0.351. The standard InChI is InChI=1S/C19H17N4S2Se/c1-3-22-13-7-5-6-8-15(13)24-16(22)11-17-23(4-2)14-10-9-12-18(19(14)25-17)21-26-20-12/h5-11H,3-4H2,1-2H3/q+1. The van der Waals surface area contributed by atoms with Crippen LogP contribution in [0.25, 0.3) is 27.3 Å². The van der Waals surface area contributed by atoms with Crippen molar-refractivity contribution in [2.75, 3.05) is 11.4 Å². The number of rotatable bonds is 3. The predicted octanol–water partition coefficient (Wildman–Crippen LogP) is 4.14. The zero-order chi connectivity index (χ0) is 17.7. The monoisotopic (exact) mass is 445 g/mol. The van der Waals surface area contributed by atoms with Crippen LogP contribution in [0.2, 0.25) is 0 Å². The van der Waals surface area contributed by atoms with E-state index in [9.17, 15) is 0 Å². The molecule has 4 aromatic rings. The first-order valence-electron chi connectivity index (χ1n) is 8.64. The molecule has 0 aliphatic carbocycles. The fourth-order valence-corrected chi connectivity index (χ4v) is 7.19. The first-order chi connectivity index (χ1) is 12.8. The number of hydrogen-bond donors (Lipinski definition) is 0. The Labute approximate surface area is 166 Å². The van der Waals surface area contributed by atoms with E-state index < -0.39 is 0 Å². The summed E-state index contributed by atoms with van der Waals surface area (Å²) in [6.07, 6.45) is 2.34. The van der Waals surface area contributed by atoms with Gasteiger partial charge in [-0.05, 0) is 0 Å². The van der Waals surface area contributed by atoms with Crippen LogP contribution in [-0.4, -0.2) is 29.5 Å². The van der Waals surface area contributed by atoms with Crippen LogP contribution < -0.4 is 9.47 Å². The Balaban J connectivity index is 1.66. The molecule has 0 bridgehead atoms. The van der Waals surface area contributed by atoms with E-state index in [0.717, 1.165) is 24.1 Å². The van der Waals surface area contributed by atoms with Gasteiger partial charge < -0.3 is 0 Å². The molecule has 130 valence electrons.